The average molecular weight is 222 g/mol. The summed E-state index contributed by atoms with van der Waals surface area (Å²) in [4.78, 5) is 0. The number of hydrogen-bond donors (Lipinski definition) is 1. The lowest BCUT2D eigenvalue weighted by Crippen LogP contribution is -2.36. The zero-order chi connectivity index (χ0) is 11.5. The molecule has 0 radical (unpaired) electrons. The largest absolute Gasteiger partial charge is 0.298 e. The van der Waals surface area contributed by atoms with E-state index < -0.39 is 0 Å². The van der Waals surface area contributed by atoms with Gasteiger partial charge < -0.3 is 0 Å². The summed E-state index contributed by atoms with van der Waals surface area (Å²) in [5.41, 5.74) is 1.96. The standard InChI is InChI=1S/C13H16ClN/c1-5-13(3,4)15-9-11-7-6-10(2)12(14)8-11/h1,6-8,15H,9H2,2-4H3. The van der Waals surface area contributed by atoms with Crippen molar-refractivity contribution in [3.05, 3.63) is 34.3 Å². The third kappa shape index (κ3) is 3.58. The van der Waals surface area contributed by atoms with Gasteiger partial charge >= 0.3 is 0 Å². The highest BCUT2D eigenvalue weighted by molar-refractivity contribution is 6.31. The highest BCUT2D eigenvalue weighted by atomic mass is 35.5. The first-order valence-corrected chi connectivity index (χ1v) is 5.30. The zero-order valence-electron chi connectivity index (χ0n) is 9.39. The number of rotatable bonds is 3. The quantitative estimate of drug-likeness (QED) is 0.774. The Kier molecular flexibility index (Phi) is 3.79. The topological polar surface area (TPSA) is 12.0 Å². The van der Waals surface area contributed by atoms with Gasteiger partial charge in [0, 0.05) is 11.6 Å². The van der Waals surface area contributed by atoms with Gasteiger partial charge in [0.05, 0.1) is 5.54 Å². The second-order valence-electron chi connectivity index (χ2n) is 4.21. The first-order chi connectivity index (χ1) is 6.94. The number of hydrogen-bond acceptors (Lipinski definition) is 1. The summed E-state index contributed by atoms with van der Waals surface area (Å²) < 4.78 is 0. The molecule has 0 aliphatic heterocycles. The molecule has 0 saturated heterocycles. The molecule has 1 N–H and O–H groups in total. The molecule has 0 spiro atoms. The third-order valence-electron chi connectivity index (χ3n) is 2.33. The van der Waals surface area contributed by atoms with Crippen molar-refractivity contribution in [2.24, 2.45) is 0 Å². The average Bonchev–Trinajstić information content (AvgIpc) is 2.20. The summed E-state index contributed by atoms with van der Waals surface area (Å²) in [6.45, 7) is 6.67. The highest BCUT2D eigenvalue weighted by Gasteiger charge is 2.12. The van der Waals surface area contributed by atoms with E-state index in [9.17, 15) is 0 Å². The minimum Gasteiger partial charge on any atom is -0.298 e. The van der Waals surface area contributed by atoms with E-state index in [2.05, 4.69) is 17.3 Å². The lowest BCUT2D eigenvalue weighted by molar-refractivity contribution is 0.491. The lowest BCUT2D eigenvalue weighted by atomic mass is 10.1. The molecule has 0 amide bonds. The number of nitrogens with one attached hydrogen (secondary N) is 1. The summed E-state index contributed by atoms with van der Waals surface area (Å²) in [5, 5.41) is 4.08. The van der Waals surface area contributed by atoms with Crippen LogP contribution in [0.3, 0.4) is 0 Å². The number of terminal acetylenes is 1. The van der Waals surface area contributed by atoms with Gasteiger partial charge in [-0.15, -0.1) is 6.42 Å². The molecule has 1 rings (SSSR count). The van der Waals surface area contributed by atoms with Gasteiger partial charge in [0.1, 0.15) is 0 Å². The van der Waals surface area contributed by atoms with Crippen LogP contribution in [0.1, 0.15) is 25.0 Å². The van der Waals surface area contributed by atoms with E-state index in [4.69, 9.17) is 18.0 Å². The van der Waals surface area contributed by atoms with Crippen molar-refractivity contribution < 1.29 is 0 Å². The Morgan fingerprint density at radius 1 is 1.47 bits per heavy atom. The molecule has 0 saturated carbocycles. The van der Waals surface area contributed by atoms with Crippen molar-refractivity contribution in [1.82, 2.24) is 5.32 Å². The molecule has 0 heterocycles. The van der Waals surface area contributed by atoms with Crippen LogP contribution in [0.25, 0.3) is 0 Å². The second kappa shape index (κ2) is 4.70. The predicted molar refractivity (Wildman–Crippen MR) is 65.9 cm³/mol. The number of halogens is 1. The van der Waals surface area contributed by atoms with Gasteiger partial charge in [-0.2, -0.15) is 0 Å². The highest BCUT2D eigenvalue weighted by Crippen LogP contribution is 2.17. The first-order valence-electron chi connectivity index (χ1n) is 4.92. The predicted octanol–water partition coefficient (Wildman–Crippen LogP) is 3.15. The van der Waals surface area contributed by atoms with E-state index in [0.29, 0.717) is 0 Å². The lowest BCUT2D eigenvalue weighted by Gasteiger charge is -2.19. The number of benzene rings is 1. The van der Waals surface area contributed by atoms with Gasteiger partial charge in [-0.25, -0.2) is 0 Å². The van der Waals surface area contributed by atoms with Crippen molar-refractivity contribution in [3.8, 4) is 12.3 Å². The normalized spacial score (nSPS) is 11.1. The van der Waals surface area contributed by atoms with E-state index in [-0.39, 0.29) is 5.54 Å². The Hall–Kier alpha value is -0.970. The third-order valence-corrected chi connectivity index (χ3v) is 2.74. The van der Waals surface area contributed by atoms with Gasteiger partial charge in [0.2, 0.25) is 0 Å². The number of aryl methyl sites for hydroxylation is 1. The van der Waals surface area contributed by atoms with Crippen molar-refractivity contribution in [2.45, 2.75) is 32.9 Å². The Morgan fingerprint density at radius 2 is 2.13 bits per heavy atom. The van der Waals surface area contributed by atoms with Gasteiger partial charge in [0.25, 0.3) is 0 Å². The van der Waals surface area contributed by atoms with Crippen molar-refractivity contribution >= 4 is 11.6 Å². The van der Waals surface area contributed by atoms with Crippen LogP contribution in [0.4, 0.5) is 0 Å². The molecule has 1 aromatic carbocycles. The van der Waals surface area contributed by atoms with E-state index in [1.807, 2.05) is 32.9 Å². The van der Waals surface area contributed by atoms with Crippen LogP contribution < -0.4 is 5.32 Å². The molecule has 0 atom stereocenters. The maximum atomic E-state index is 6.03. The van der Waals surface area contributed by atoms with Crippen LogP contribution in [0.2, 0.25) is 5.02 Å². The molecule has 0 aliphatic carbocycles. The summed E-state index contributed by atoms with van der Waals surface area (Å²) in [5.74, 6) is 2.69. The molecule has 0 unspecified atom stereocenters. The summed E-state index contributed by atoms with van der Waals surface area (Å²) in [6, 6.07) is 6.04. The maximum absolute atomic E-state index is 6.03. The molecular formula is C13H16ClN. The molecule has 0 bridgehead atoms. The van der Waals surface area contributed by atoms with Crippen LogP contribution in [-0.4, -0.2) is 5.54 Å². The maximum Gasteiger partial charge on any atom is 0.0743 e. The second-order valence-corrected chi connectivity index (χ2v) is 4.61. The van der Waals surface area contributed by atoms with E-state index in [1.54, 1.807) is 0 Å². The van der Waals surface area contributed by atoms with E-state index in [0.717, 1.165) is 22.7 Å². The minimum atomic E-state index is -0.280. The van der Waals surface area contributed by atoms with E-state index >= 15 is 0 Å². The molecule has 1 aromatic rings. The van der Waals surface area contributed by atoms with Crippen molar-refractivity contribution in [3.63, 3.8) is 0 Å². The van der Waals surface area contributed by atoms with Crippen molar-refractivity contribution in [2.75, 3.05) is 0 Å². The van der Waals surface area contributed by atoms with Gasteiger partial charge in [-0.05, 0) is 38.0 Å². The Balaban J connectivity index is 2.67. The monoisotopic (exact) mass is 221 g/mol. The summed E-state index contributed by atoms with van der Waals surface area (Å²) in [7, 11) is 0. The Bertz CT molecular complexity index is 388. The van der Waals surface area contributed by atoms with Gasteiger partial charge in [0.15, 0.2) is 0 Å². The molecule has 0 aromatic heterocycles. The molecule has 2 heteroatoms. The van der Waals surface area contributed by atoms with Crippen LogP contribution in [0, 0.1) is 19.3 Å². The fourth-order valence-electron chi connectivity index (χ4n) is 1.12. The zero-order valence-corrected chi connectivity index (χ0v) is 10.2. The van der Waals surface area contributed by atoms with Crippen LogP contribution in [0.15, 0.2) is 18.2 Å². The first kappa shape index (κ1) is 12.1. The van der Waals surface area contributed by atoms with Gasteiger partial charge in [-0.3, -0.25) is 5.32 Å². The van der Waals surface area contributed by atoms with Crippen LogP contribution in [-0.2, 0) is 6.54 Å². The Labute approximate surface area is 96.8 Å². The molecule has 1 nitrogen and oxygen atoms in total. The summed E-state index contributed by atoms with van der Waals surface area (Å²) in [6.07, 6.45) is 5.39. The smallest absolute Gasteiger partial charge is 0.0743 e. The Morgan fingerprint density at radius 3 is 2.67 bits per heavy atom. The van der Waals surface area contributed by atoms with Gasteiger partial charge in [-0.1, -0.05) is 29.7 Å². The molecule has 80 valence electrons. The fraction of sp³-hybridized carbons (Fsp3) is 0.385. The van der Waals surface area contributed by atoms with E-state index in [1.165, 1.54) is 0 Å². The molecule has 15 heavy (non-hydrogen) atoms. The SMILES string of the molecule is C#CC(C)(C)NCc1ccc(C)c(Cl)c1. The van der Waals surface area contributed by atoms with Crippen LogP contribution >= 0.6 is 11.6 Å². The summed E-state index contributed by atoms with van der Waals surface area (Å²) >= 11 is 6.03. The van der Waals surface area contributed by atoms with Crippen molar-refractivity contribution in [1.29, 1.82) is 0 Å². The fourth-order valence-corrected chi connectivity index (χ4v) is 1.32. The minimum absolute atomic E-state index is 0.280. The molecule has 0 aliphatic rings. The molecule has 0 fully saturated rings. The van der Waals surface area contributed by atoms with Crippen LogP contribution in [0.5, 0.6) is 0 Å². The molecular weight excluding hydrogens is 206 g/mol.